The van der Waals surface area contributed by atoms with E-state index >= 15 is 0 Å². The minimum atomic E-state index is 0.208. The average molecular weight is 262 g/mol. The molecule has 0 bridgehead atoms. The van der Waals surface area contributed by atoms with Gasteiger partial charge in [0.1, 0.15) is 5.75 Å². The Hall–Kier alpha value is -1.39. The van der Waals surface area contributed by atoms with Crippen molar-refractivity contribution in [1.29, 1.82) is 0 Å². The molecule has 0 saturated carbocycles. The first kappa shape index (κ1) is 14.0. The first-order chi connectivity index (χ1) is 9.29. The fraction of sp³-hybridized carbons (Fsp3) is 0.533. The van der Waals surface area contributed by atoms with Gasteiger partial charge in [-0.05, 0) is 43.8 Å². The second-order valence-corrected chi connectivity index (χ2v) is 4.85. The van der Waals surface area contributed by atoms with Gasteiger partial charge in [0.05, 0.1) is 7.11 Å². The standard InChI is InChI=1S/C15H22N2O2/c1-19-14-5-3-13(4-6-14)15(18)7-11-17-10-2-8-16-9-12-17/h3-6,16H,2,7-12H2,1H3. The zero-order valence-corrected chi connectivity index (χ0v) is 11.5. The maximum Gasteiger partial charge on any atom is 0.164 e. The highest BCUT2D eigenvalue weighted by Crippen LogP contribution is 2.13. The number of ether oxygens (including phenoxy) is 1. The van der Waals surface area contributed by atoms with Gasteiger partial charge in [0, 0.05) is 31.6 Å². The Labute approximate surface area is 114 Å². The van der Waals surface area contributed by atoms with E-state index in [0.29, 0.717) is 6.42 Å². The highest BCUT2D eigenvalue weighted by atomic mass is 16.5. The van der Waals surface area contributed by atoms with E-state index in [-0.39, 0.29) is 5.78 Å². The lowest BCUT2D eigenvalue weighted by molar-refractivity contribution is 0.0965. The lowest BCUT2D eigenvalue weighted by Crippen LogP contribution is -2.30. The molecule has 4 heteroatoms. The van der Waals surface area contributed by atoms with Crippen LogP contribution in [-0.4, -0.2) is 50.5 Å². The Morgan fingerprint density at radius 3 is 2.79 bits per heavy atom. The van der Waals surface area contributed by atoms with Crippen molar-refractivity contribution in [3.63, 3.8) is 0 Å². The number of nitrogens with zero attached hydrogens (tertiary/aromatic N) is 1. The van der Waals surface area contributed by atoms with Gasteiger partial charge in [0.15, 0.2) is 5.78 Å². The van der Waals surface area contributed by atoms with Crippen LogP contribution in [-0.2, 0) is 0 Å². The fourth-order valence-electron chi connectivity index (χ4n) is 2.31. The summed E-state index contributed by atoms with van der Waals surface area (Å²) >= 11 is 0. The van der Waals surface area contributed by atoms with Crippen LogP contribution in [0.15, 0.2) is 24.3 Å². The van der Waals surface area contributed by atoms with Crippen LogP contribution in [0.2, 0.25) is 0 Å². The Balaban J connectivity index is 1.82. The molecular weight excluding hydrogens is 240 g/mol. The predicted molar refractivity (Wildman–Crippen MR) is 75.9 cm³/mol. The van der Waals surface area contributed by atoms with Gasteiger partial charge < -0.3 is 15.0 Å². The van der Waals surface area contributed by atoms with Crippen molar-refractivity contribution in [1.82, 2.24) is 10.2 Å². The molecule has 0 unspecified atom stereocenters. The van der Waals surface area contributed by atoms with E-state index in [1.54, 1.807) is 7.11 Å². The van der Waals surface area contributed by atoms with E-state index in [1.807, 2.05) is 24.3 Å². The van der Waals surface area contributed by atoms with E-state index in [1.165, 1.54) is 0 Å². The maximum absolute atomic E-state index is 12.1. The van der Waals surface area contributed by atoms with Gasteiger partial charge in [-0.3, -0.25) is 4.79 Å². The molecule has 0 aliphatic carbocycles. The minimum absolute atomic E-state index is 0.208. The topological polar surface area (TPSA) is 41.6 Å². The Morgan fingerprint density at radius 2 is 2.05 bits per heavy atom. The van der Waals surface area contributed by atoms with Crippen LogP contribution in [0.5, 0.6) is 5.75 Å². The predicted octanol–water partition coefficient (Wildman–Crippen LogP) is 1.56. The summed E-state index contributed by atoms with van der Waals surface area (Å²) in [4.78, 5) is 14.5. The third-order valence-corrected chi connectivity index (χ3v) is 3.50. The molecule has 0 amide bonds. The van der Waals surface area contributed by atoms with Gasteiger partial charge in [-0.15, -0.1) is 0 Å². The number of carbonyl (C=O) groups is 1. The number of nitrogens with one attached hydrogen (secondary N) is 1. The molecule has 1 aromatic rings. The number of rotatable bonds is 5. The summed E-state index contributed by atoms with van der Waals surface area (Å²) in [5.41, 5.74) is 0.772. The number of Topliss-reactive ketones (excluding diaryl/α,β-unsaturated/α-hetero) is 1. The van der Waals surface area contributed by atoms with Crippen molar-refractivity contribution >= 4 is 5.78 Å². The van der Waals surface area contributed by atoms with Crippen LogP contribution in [0.1, 0.15) is 23.2 Å². The van der Waals surface area contributed by atoms with Gasteiger partial charge in [0.2, 0.25) is 0 Å². The summed E-state index contributed by atoms with van der Waals surface area (Å²) in [5, 5.41) is 3.37. The average Bonchev–Trinajstić information content (AvgIpc) is 2.73. The van der Waals surface area contributed by atoms with Crippen LogP contribution in [0, 0.1) is 0 Å². The number of carbonyl (C=O) groups excluding carboxylic acids is 1. The SMILES string of the molecule is COc1ccc(C(=O)CCN2CCCNCC2)cc1. The summed E-state index contributed by atoms with van der Waals surface area (Å²) in [5.74, 6) is 0.995. The molecule has 19 heavy (non-hydrogen) atoms. The van der Waals surface area contributed by atoms with Crippen molar-refractivity contribution < 1.29 is 9.53 Å². The van der Waals surface area contributed by atoms with Crippen molar-refractivity contribution in [2.45, 2.75) is 12.8 Å². The van der Waals surface area contributed by atoms with E-state index < -0.39 is 0 Å². The van der Waals surface area contributed by atoms with Gasteiger partial charge in [0.25, 0.3) is 0 Å². The highest BCUT2D eigenvalue weighted by molar-refractivity contribution is 5.96. The minimum Gasteiger partial charge on any atom is -0.497 e. The quantitative estimate of drug-likeness (QED) is 0.818. The van der Waals surface area contributed by atoms with Crippen molar-refractivity contribution in [2.75, 3.05) is 39.8 Å². The molecule has 1 aromatic carbocycles. The molecule has 104 valence electrons. The molecule has 0 aromatic heterocycles. The van der Waals surface area contributed by atoms with E-state index in [0.717, 1.165) is 50.5 Å². The third-order valence-electron chi connectivity index (χ3n) is 3.50. The molecule has 4 nitrogen and oxygen atoms in total. The second kappa shape index (κ2) is 7.26. The smallest absolute Gasteiger partial charge is 0.164 e. The third kappa shape index (κ3) is 4.33. The Bertz CT molecular complexity index is 395. The van der Waals surface area contributed by atoms with Crippen LogP contribution < -0.4 is 10.1 Å². The van der Waals surface area contributed by atoms with Gasteiger partial charge in [-0.25, -0.2) is 0 Å². The van der Waals surface area contributed by atoms with Crippen molar-refractivity contribution in [3.05, 3.63) is 29.8 Å². The molecule has 1 fully saturated rings. The summed E-state index contributed by atoms with van der Waals surface area (Å²) in [6.07, 6.45) is 1.75. The van der Waals surface area contributed by atoms with E-state index in [4.69, 9.17) is 4.74 Å². The van der Waals surface area contributed by atoms with Gasteiger partial charge >= 0.3 is 0 Å². The van der Waals surface area contributed by atoms with Gasteiger partial charge in [-0.1, -0.05) is 0 Å². The molecular formula is C15H22N2O2. The van der Waals surface area contributed by atoms with Gasteiger partial charge in [-0.2, -0.15) is 0 Å². The highest BCUT2D eigenvalue weighted by Gasteiger charge is 2.11. The number of ketones is 1. The molecule has 1 heterocycles. The molecule has 0 radical (unpaired) electrons. The molecule has 1 aliphatic rings. The molecule has 1 N–H and O–H groups in total. The van der Waals surface area contributed by atoms with Crippen molar-refractivity contribution in [2.24, 2.45) is 0 Å². The maximum atomic E-state index is 12.1. The lowest BCUT2D eigenvalue weighted by Gasteiger charge is -2.18. The zero-order valence-electron chi connectivity index (χ0n) is 11.5. The summed E-state index contributed by atoms with van der Waals surface area (Å²) in [6, 6.07) is 7.35. The zero-order chi connectivity index (χ0) is 13.5. The number of benzene rings is 1. The van der Waals surface area contributed by atoms with Crippen LogP contribution in [0.4, 0.5) is 0 Å². The number of hydrogen-bond acceptors (Lipinski definition) is 4. The Morgan fingerprint density at radius 1 is 1.26 bits per heavy atom. The molecule has 0 atom stereocenters. The monoisotopic (exact) mass is 262 g/mol. The fourth-order valence-corrected chi connectivity index (χ4v) is 2.31. The van der Waals surface area contributed by atoms with Crippen LogP contribution >= 0.6 is 0 Å². The summed E-state index contributed by atoms with van der Waals surface area (Å²) < 4.78 is 5.09. The van der Waals surface area contributed by atoms with E-state index in [9.17, 15) is 4.79 Å². The summed E-state index contributed by atoms with van der Waals surface area (Å²) in [7, 11) is 1.63. The van der Waals surface area contributed by atoms with Crippen LogP contribution in [0.25, 0.3) is 0 Å². The number of methoxy groups -OCH3 is 1. The molecule has 2 rings (SSSR count). The lowest BCUT2D eigenvalue weighted by atomic mass is 10.1. The second-order valence-electron chi connectivity index (χ2n) is 4.85. The first-order valence-corrected chi connectivity index (χ1v) is 6.90. The largest absolute Gasteiger partial charge is 0.497 e. The van der Waals surface area contributed by atoms with Crippen molar-refractivity contribution in [3.8, 4) is 5.75 Å². The van der Waals surface area contributed by atoms with Crippen LogP contribution in [0.3, 0.4) is 0 Å². The number of hydrogen-bond donors (Lipinski definition) is 1. The van der Waals surface area contributed by atoms with E-state index in [2.05, 4.69) is 10.2 Å². The summed E-state index contributed by atoms with van der Waals surface area (Å²) in [6.45, 7) is 5.09. The normalized spacial score (nSPS) is 16.9. The molecule has 0 spiro atoms. The first-order valence-electron chi connectivity index (χ1n) is 6.90. The molecule has 1 aliphatic heterocycles. The molecule has 1 saturated heterocycles. The Kier molecular flexibility index (Phi) is 5.36.